The van der Waals surface area contributed by atoms with Crippen LogP contribution in [-0.4, -0.2) is 65.6 Å². The second-order valence-electron chi connectivity index (χ2n) is 4.56. The van der Waals surface area contributed by atoms with Crippen molar-refractivity contribution in [1.82, 2.24) is 10.2 Å². The molecule has 1 aliphatic rings. The van der Waals surface area contributed by atoms with Crippen LogP contribution < -0.4 is 5.32 Å². The molecule has 0 aromatic rings. The van der Waals surface area contributed by atoms with Gasteiger partial charge in [-0.25, -0.2) is 9.59 Å². The lowest BCUT2D eigenvalue weighted by Gasteiger charge is -2.22. The summed E-state index contributed by atoms with van der Waals surface area (Å²) in [6.07, 6.45) is 0.915. The SMILES string of the molecule is CCCN(CCO)C(=O)NCC1CCC(C(=O)O)O1. The Labute approximate surface area is 112 Å². The minimum atomic E-state index is -0.957. The van der Waals surface area contributed by atoms with Crippen LogP contribution in [0, 0.1) is 0 Å². The second kappa shape index (κ2) is 7.96. The average Bonchev–Trinajstić information content (AvgIpc) is 2.84. The van der Waals surface area contributed by atoms with Crippen LogP contribution in [0.4, 0.5) is 4.79 Å². The van der Waals surface area contributed by atoms with Gasteiger partial charge in [-0.1, -0.05) is 6.92 Å². The summed E-state index contributed by atoms with van der Waals surface area (Å²) in [5, 5.41) is 20.4. The predicted molar refractivity (Wildman–Crippen MR) is 67.9 cm³/mol. The number of aliphatic carboxylic acids is 1. The maximum atomic E-state index is 11.8. The number of ether oxygens (including phenoxy) is 1. The molecule has 0 aromatic heterocycles. The van der Waals surface area contributed by atoms with E-state index in [1.54, 1.807) is 0 Å². The van der Waals surface area contributed by atoms with E-state index in [1.165, 1.54) is 4.90 Å². The molecule has 1 saturated heterocycles. The van der Waals surface area contributed by atoms with Gasteiger partial charge in [0.15, 0.2) is 6.10 Å². The maximum Gasteiger partial charge on any atom is 0.332 e. The molecule has 110 valence electrons. The third kappa shape index (κ3) is 5.04. The Morgan fingerprint density at radius 2 is 2.11 bits per heavy atom. The Kier molecular flexibility index (Phi) is 6.58. The molecule has 0 aliphatic carbocycles. The van der Waals surface area contributed by atoms with Gasteiger partial charge in [-0.15, -0.1) is 0 Å². The van der Waals surface area contributed by atoms with Gasteiger partial charge >= 0.3 is 12.0 Å². The number of carboxylic acid groups (broad SMARTS) is 1. The number of amides is 2. The first kappa shape index (κ1) is 15.7. The van der Waals surface area contributed by atoms with Crippen LogP contribution in [0.1, 0.15) is 26.2 Å². The fourth-order valence-electron chi connectivity index (χ4n) is 2.06. The zero-order valence-electron chi connectivity index (χ0n) is 11.2. The first-order valence-corrected chi connectivity index (χ1v) is 6.60. The Bertz CT molecular complexity index is 304. The number of nitrogens with one attached hydrogen (secondary N) is 1. The monoisotopic (exact) mass is 274 g/mol. The molecule has 0 spiro atoms. The topological polar surface area (TPSA) is 99.1 Å². The number of carbonyl (C=O) groups is 2. The highest BCUT2D eigenvalue weighted by Crippen LogP contribution is 2.19. The fourth-order valence-corrected chi connectivity index (χ4v) is 2.06. The van der Waals surface area contributed by atoms with Gasteiger partial charge in [-0.05, 0) is 19.3 Å². The highest BCUT2D eigenvalue weighted by Gasteiger charge is 2.30. The minimum Gasteiger partial charge on any atom is -0.479 e. The molecule has 1 heterocycles. The second-order valence-corrected chi connectivity index (χ2v) is 4.56. The molecule has 1 fully saturated rings. The Morgan fingerprint density at radius 3 is 2.63 bits per heavy atom. The van der Waals surface area contributed by atoms with E-state index in [9.17, 15) is 9.59 Å². The molecule has 3 N–H and O–H groups in total. The van der Waals surface area contributed by atoms with Crippen LogP contribution >= 0.6 is 0 Å². The van der Waals surface area contributed by atoms with E-state index < -0.39 is 12.1 Å². The van der Waals surface area contributed by atoms with Crippen LogP contribution in [-0.2, 0) is 9.53 Å². The molecule has 2 amide bonds. The van der Waals surface area contributed by atoms with Gasteiger partial charge in [0.1, 0.15) is 0 Å². The van der Waals surface area contributed by atoms with Crippen LogP contribution in [0.15, 0.2) is 0 Å². The van der Waals surface area contributed by atoms with Crippen molar-refractivity contribution < 1.29 is 24.5 Å². The van der Waals surface area contributed by atoms with E-state index in [2.05, 4.69) is 5.32 Å². The number of carboxylic acids is 1. The fraction of sp³-hybridized carbons (Fsp3) is 0.833. The van der Waals surface area contributed by atoms with E-state index >= 15 is 0 Å². The van der Waals surface area contributed by atoms with E-state index in [1.807, 2.05) is 6.92 Å². The Morgan fingerprint density at radius 1 is 1.37 bits per heavy atom. The maximum absolute atomic E-state index is 11.8. The van der Waals surface area contributed by atoms with Gasteiger partial charge in [0.25, 0.3) is 0 Å². The molecular formula is C12H22N2O5. The number of aliphatic hydroxyl groups is 1. The molecule has 7 nitrogen and oxygen atoms in total. The summed E-state index contributed by atoms with van der Waals surface area (Å²) in [6, 6.07) is -0.252. The molecule has 0 radical (unpaired) electrons. The normalized spacial score (nSPS) is 22.2. The zero-order valence-corrected chi connectivity index (χ0v) is 11.2. The minimum absolute atomic E-state index is 0.0750. The van der Waals surface area contributed by atoms with E-state index in [4.69, 9.17) is 14.9 Å². The van der Waals surface area contributed by atoms with Crippen LogP contribution in [0.2, 0.25) is 0 Å². The lowest BCUT2D eigenvalue weighted by molar-refractivity contribution is -0.149. The number of aliphatic hydroxyl groups excluding tert-OH is 1. The smallest absolute Gasteiger partial charge is 0.332 e. The van der Waals surface area contributed by atoms with Crippen molar-refractivity contribution in [1.29, 1.82) is 0 Å². The van der Waals surface area contributed by atoms with Crippen molar-refractivity contribution in [3.63, 3.8) is 0 Å². The molecular weight excluding hydrogens is 252 g/mol. The molecule has 0 bridgehead atoms. The van der Waals surface area contributed by atoms with E-state index in [0.29, 0.717) is 32.5 Å². The first-order chi connectivity index (χ1) is 9.08. The first-order valence-electron chi connectivity index (χ1n) is 6.60. The van der Waals surface area contributed by atoms with Crippen molar-refractivity contribution in [2.75, 3.05) is 26.2 Å². The summed E-state index contributed by atoms with van der Waals surface area (Å²) < 4.78 is 5.29. The van der Waals surface area contributed by atoms with Crippen molar-refractivity contribution in [3.05, 3.63) is 0 Å². The van der Waals surface area contributed by atoms with Gasteiger partial charge in [0.05, 0.1) is 12.7 Å². The number of hydrogen-bond acceptors (Lipinski definition) is 4. The number of urea groups is 1. The average molecular weight is 274 g/mol. The Balaban J connectivity index is 2.31. The summed E-state index contributed by atoms with van der Waals surface area (Å²) in [7, 11) is 0. The number of rotatable bonds is 7. The highest BCUT2D eigenvalue weighted by atomic mass is 16.5. The van der Waals surface area contributed by atoms with Crippen LogP contribution in [0.5, 0.6) is 0 Å². The van der Waals surface area contributed by atoms with E-state index in [-0.39, 0.29) is 18.7 Å². The standard InChI is InChI=1S/C12H22N2O5/c1-2-5-14(6-7-15)12(18)13-8-9-3-4-10(19-9)11(16)17/h9-10,15H,2-8H2,1H3,(H,13,18)(H,16,17). The largest absolute Gasteiger partial charge is 0.479 e. The summed E-state index contributed by atoms with van der Waals surface area (Å²) >= 11 is 0. The molecule has 1 aliphatic heterocycles. The molecule has 2 unspecified atom stereocenters. The number of nitrogens with zero attached hydrogens (tertiary/aromatic N) is 1. The summed E-state index contributed by atoms with van der Waals surface area (Å²) in [5.74, 6) is -0.957. The molecule has 1 rings (SSSR count). The molecule has 19 heavy (non-hydrogen) atoms. The lowest BCUT2D eigenvalue weighted by atomic mass is 10.2. The molecule has 7 heteroatoms. The third-order valence-electron chi connectivity index (χ3n) is 3.01. The molecule has 0 aromatic carbocycles. The zero-order chi connectivity index (χ0) is 14.3. The van der Waals surface area contributed by atoms with Gasteiger partial charge in [-0.2, -0.15) is 0 Å². The van der Waals surface area contributed by atoms with Crippen LogP contribution in [0.25, 0.3) is 0 Å². The van der Waals surface area contributed by atoms with Crippen molar-refractivity contribution >= 4 is 12.0 Å². The summed E-state index contributed by atoms with van der Waals surface area (Å²) in [4.78, 5) is 24.1. The van der Waals surface area contributed by atoms with Gasteiger partial charge in [-0.3, -0.25) is 0 Å². The van der Waals surface area contributed by atoms with Crippen LogP contribution in [0.3, 0.4) is 0 Å². The van der Waals surface area contributed by atoms with Gasteiger partial charge in [0.2, 0.25) is 0 Å². The van der Waals surface area contributed by atoms with Crippen molar-refractivity contribution in [3.8, 4) is 0 Å². The highest BCUT2D eigenvalue weighted by molar-refractivity contribution is 5.74. The lowest BCUT2D eigenvalue weighted by Crippen LogP contribution is -2.44. The van der Waals surface area contributed by atoms with Crippen molar-refractivity contribution in [2.45, 2.75) is 38.4 Å². The number of carbonyl (C=O) groups excluding carboxylic acids is 1. The number of hydrogen-bond donors (Lipinski definition) is 3. The Hall–Kier alpha value is -1.34. The quantitative estimate of drug-likeness (QED) is 0.608. The van der Waals surface area contributed by atoms with Gasteiger partial charge in [0, 0.05) is 19.6 Å². The van der Waals surface area contributed by atoms with E-state index in [0.717, 1.165) is 6.42 Å². The van der Waals surface area contributed by atoms with Crippen molar-refractivity contribution in [2.24, 2.45) is 0 Å². The molecule has 0 saturated carbocycles. The summed E-state index contributed by atoms with van der Waals surface area (Å²) in [6.45, 7) is 3.05. The summed E-state index contributed by atoms with van der Waals surface area (Å²) in [5.41, 5.74) is 0. The predicted octanol–water partition coefficient (Wildman–Crippen LogP) is 0.0325. The third-order valence-corrected chi connectivity index (χ3v) is 3.01. The van der Waals surface area contributed by atoms with Gasteiger partial charge < -0.3 is 25.2 Å². The molecule has 2 atom stereocenters.